The highest BCUT2D eigenvalue weighted by atomic mass is 32.1. The van der Waals surface area contributed by atoms with E-state index in [-0.39, 0.29) is 0 Å². The van der Waals surface area contributed by atoms with E-state index in [9.17, 15) is 0 Å². The van der Waals surface area contributed by atoms with Crippen LogP contribution in [0.4, 0.5) is 17.1 Å². The monoisotopic (exact) mass is 653 g/mol. The van der Waals surface area contributed by atoms with E-state index < -0.39 is 0 Å². The molecule has 7 aromatic carbocycles. The summed E-state index contributed by atoms with van der Waals surface area (Å²) < 4.78 is 14.8. The second kappa shape index (κ2) is 9.66. The second-order valence-corrected chi connectivity index (χ2v) is 15.2. The van der Waals surface area contributed by atoms with Crippen LogP contribution in [0.15, 0.2) is 144 Å². The molecule has 0 unspecified atom stereocenters. The molecule has 2 nitrogen and oxygen atoms in total. The highest BCUT2D eigenvalue weighted by molar-refractivity contribution is 7.27. The van der Waals surface area contributed by atoms with Gasteiger partial charge in [-0.05, 0) is 48.5 Å². The number of anilines is 3. The van der Waals surface area contributed by atoms with Crippen molar-refractivity contribution in [1.29, 1.82) is 0 Å². The van der Waals surface area contributed by atoms with Crippen LogP contribution >= 0.6 is 34.0 Å². The van der Waals surface area contributed by atoms with Gasteiger partial charge in [0.2, 0.25) is 0 Å². The smallest absolute Gasteiger partial charge is 0.159 e. The number of fused-ring (bicyclic) bond motifs is 13. The maximum absolute atomic E-state index is 7.10. The lowest BCUT2D eigenvalue weighted by atomic mass is 10.1. The van der Waals surface area contributed by atoms with Crippen LogP contribution in [0, 0.1) is 0 Å². The lowest BCUT2D eigenvalue weighted by Crippen LogP contribution is -2.10. The summed E-state index contributed by atoms with van der Waals surface area (Å²) in [5, 5.41) is 9.88. The van der Waals surface area contributed by atoms with Crippen molar-refractivity contribution in [3.8, 4) is 0 Å². The van der Waals surface area contributed by atoms with E-state index in [0.29, 0.717) is 0 Å². The van der Waals surface area contributed by atoms with Crippen LogP contribution in [-0.4, -0.2) is 0 Å². The molecular weight excluding hydrogens is 631 g/mol. The fourth-order valence-electron chi connectivity index (χ4n) is 7.43. The van der Waals surface area contributed by atoms with Gasteiger partial charge in [-0.25, -0.2) is 0 Å². The third kappa shape index (κ3) is 3.59. The van der Waals surface area contributed by atoms with Gasteiger partial charge in [0.1, 0.15) is 5.58 Å². The number of furan rings is 1. The molecule has 0 aliphatic rings. The maximum Gasteiger partial charge on any atom is 0.159 e. The minimum absolute atomic E-state index is 0.904. The topological polar surface area (TPSA) is 16.4 Å². The molecule has 220 valence electrons. The van der Waals surface area contributed by atoms with Gasteiger partial charge in [0.25, 0.3) is 0 Å². The van der Waals surface area contributed by atoms with Gasteiger partial charge in [0.05, 0.1) is 26.5 Å². The van der Waals surface area contributed by atoms with Gasteiger partial charge < -0.3 is 9.32 Å². The second-order valence-electron chi connectivity index (χ2n) is 12.0. The molecule has 0 fully saturated rings. The Labute approximate surface area is 280 Å². The normalized spacial score (nSPS) is 12.3. The van der Waals surface area contributed by atoms with Crippen LogP contribution in [0.3, 0.4) is 0 Å². The zero-order valence-electron chi connectivity index (χ0n) is 24.9. The van der Waals surface area contributed by atoms with E-state index >= 15 is 0 Å². The number of para-hydroxylation sites is 1. The largest absolute Gasteiger partial charge is 0.453 e. The number of hydrogen-bond acceptors (Lipinski definition) is 5. The predicted octanol–water partition coefficient (Wildman–Crippen LogP) is 14.2. The van der Waals surface area contributed by atoms with Gasteiger partial charge in [0.15, 0.2) is 5.58 Å². The quantitative estimate of drug-likeness (QED) is 0.189. The van der Waals surface area contributed by atoms with Crippen molar-refractivity contribution in [2.45, 2.75) is 0 Å². The fourth-order valence-corrected chi connectivity index (χ4v) is 10.9. The first-order chi connectivity index (χ1) is 23.3. The summed E-state index contributed by atoms with van der Waals surface area (Å²) in [7, 11) is 0. The summed E-state index contributed by atoms with van der Waals surface area (Å²) in [6.07, 6.45) is 0. The Hall–Kier alpha value is -5.20. The Morgan fingerprint density at radius 3 is 1.47 bits per heavy atom. The van der Waals surface area contributed by atoms with Crippen LogP contribution in [0.25, 0.3) is 82.5 Å². The summed E-state index contributed by atoms with van der Waals surface area (Å²) in [5.41, 5.74) is 5.23. The Morgan fingerprint density at radius 1 is 0.340 bits per heavy atom. The maximum atomic E-state index is 7.10. The van der Waals surface area contributed by atoms with E-state index in [0.717, 1.165) is 39.0 Å². The summed E-state index contributed by atoms with van der Waals surface area (Å²) in [4.78, 5) is 2.46. The molecule has 0 atom stereocenters. The van der Waals surface area contributed by atoms with Crippen molar-refractivity contribution in [2.24, 2.45) is 0 Å². The number of rotatable bonds is 3. The first-order valence-corrected chi connectivity index (χ1v) is 18.1. The van der Waals surface area contributed by atoms with E-state index in [2.05, 4.69) is 144 Å². The fraction of sp³-hybridized carbons (Fsp3) is 0. The van der Waals surface area contributed by atoms with Crippen molar-refractivity contribution in [1.82, 2.24) is 0 Å². The van der Waals surface area contributed by atoms with Gasteiger partial charge >= 0.3 is 0 Å². The Kier molecular flexibility index (Phi) is 5.33. The zero-order valence-corrected chi connectivity index (χ0v) is 27.3. The van der Waals surface area contributed by atoms with E-state index in [1.807, 2.05) is 34.0 Å². The summed E-state index contributed by atoms with van der Waals surface area (Å²) in [5.74, 6) is 0. The van der Waals surface area contributed by atoms with Gasteiger partial charge in [0, 0.05) is 61.9 Å². The summed E-state index contributed by atoms with van der Waals surface area (Å²) in [6.45, 7) is 0. The summed E-state index contributed by atoms with van der Waals surface area (Å²) >= 11 is 5.56. The molecule has 47 heavy (non-hydrogen) atoms. The number of thiophene rings is 3. The zero-order chi connectivity index (χ0) is 30.6. The standard InChI is InChI=1S/C42H23NOS3/c1-4-19-34-24(10-1)28-14-8-17-32(41(28)46-34)43(33-18-9-15-29-25-11-2-5-20-35(25)47-42(29)33)31-16-7-13-26-27-22-23-37-38(40(27)44-39(26)31)30-12-3-6-21-36(30)45-37/h1-23H. The van der Waals surface area contributed by atoms with Gasteiger partial charge in [-0.15, -0.1) is 34.0 Å². The Balaban J connectivity index is 1.28. The van der Waals surface area contributed by atoms with Gasteiger partial charge in [-0.1, -0.05) is 91.0 Å². The molecule has 0 bridgehead atoms. The van der Waals surface area contributed by atoms with E-state index in [1.54, 1.807) is 0 Å². The summed E-state index contributed by atoms with van der Waals surface area (Å²) in [6, 6.07) is 50.8. The highest BCUT2D eigenvalue weighted by Crippen LogP contribution is 2.51. The Morgan fingerprint density at radius 2 is 0.830 bits per heavy atom. The van der Waals surface area contributed by atoms with Crippen molar-refractivity contribution < 1.29 is 4.42 Å². The van der Waals surface area contributed by atoms with Gasteiger partial charge in [-0.2, -0.15) is 0 Å². The molecule has 0 aliphatic heterocycles. The van der Waals surface area contributed by atoms with Crippen molar-refractivity contribution >= 4 is 134 Å². The van der Waals surface area contributed by atoms with Crippen LogP contribution in [-0.2, 0) is 0 Å². The molecule has 0 saturated carbocycles. The predicted molar refractivity (Wildman–Crippen MR) is 207 cm³/mol. The molecule has 0 N–H and O–H groups in total. The van der Waals surface area contributed by atoms with Crippen LogP contribution in [0.2, 0.25) is 0 Å². The average Bonchev–Trinajstić information content (AvgIpc) is 3.88. The molecule has 11 rings (SSSR count). The average molecular weight is 654 g/mol. The molecule has 11 aromatic rings. The molecule has 4 heterocycles. The third-order valence-corrected chi connectivity index (χ3v) is 13.0. The molecule has 0 radical (unpaired) electrons. The van der Waals surface area contributed by atoms with Crippen molar-refractivity contribution in [3.63, 3.8) is 0 Å². The third-order valence-electron chi connectivity index (χ3n) is 9.47. The van der Waals surface area contributed by atoms with Crippen LogP contribution < -0.4 is 4.90 Å². The molecule has 4 aromatic heterocycles. The molecule has 0 saturated heterocycles. The first-order valence-electron chi connectivity index (χ1n) is 15.7. The van der Waals surface area contributed by atoms with Crippen LogP contribution in [0.1, 0.15) is 0 Å². The highest BCUT2D eigenvalue weighted by Gasteiger charge is 2.25. The lowest BCUT2D eigenvalue weighted by molar-refractivity contribution is 0.673. The first kappa shape index (κ1) is 25.9. The minimum atomic E-state index is 0.904. The number of nitrogens with zero attached hydrogens (tertiary/aromatic N) is 1. The van der Waals surface area contributed by atoms with Gasteiger partial charge in [-0.3, -0.25) is 0 Å². The Bertz CT molecular complexity index is 2930. The minimum Gasteiger partial charge on any atom is -0.453 e. The lowest BCUT2D eigenvalue weighted by Gasteiger charge is -2.26. The molecular formula is C42H23NOS3. The number of hydrogen-bond donors (Lipinski definition) is 0. The SMILES string of the molecule is c1ccc2c(c1)sc1c(N(c3cccc4c3oc3c4ccc4sc5ccccc5c43)c3cccc4c3sc3ccccc34)cccc12. The van der Waals surface area contributed by atoms with Crippen LogP contribution in [0.5, 0.6) is 0 Å². The molecule has 0 aliphatic carbocycles. The molecule has 0 spiro atoms. The van der Waals surface area contributed by atoms with E-state index in [1.165, 1.54) is 60.5 Å². The molecule has 5 heteroatoms. The molecule has 0 amide bonds. The van der Waals surface area contributed by atoms with Crippen molar-refractivity contribution in [3.05, 3.63) is 140 Å². The van der Waals surface area contributed by atoms with E-state index in [4.69, 9.17) is 4.42 Å². The van der Waals surface area contributed by atoms with Crippen molar-refractivity contribution in [2.75, 3.05) is 4.90 Å². The number of benzene rings is 7.